The Morgan fingerprint density at radius 2 is 2.12 bits per heavy atom. The van der Waals surface area contributed by atoms with Crippen molar-refractivity contribution in [2.45, 2.75) is 6.54 Å². The lowest BCUT2D eigenvalue weighted by Crippen LogP contribution is -2.37. The van der Waals surface area contributed by atoms with Crippen molar-refractivity contribution in [3.05, 3.63) is 35.0 Å². The number of anilines is 1. The Labute approximate surface area is 142 Å². The summed E-state index contributed by atoms with van der Waals surface area (Å²) >= 11 is 0. The number of hydrogen-bond donors (Lipinski definition) is 1. The number of imidazole rings is 1. The molecule has 0 saturated carbocycles. The summed E-state index contributed by atoms with van der Waals surface area (Å²) in [4.78, 5) is 29.7. The van der Waals surface area contributed by atoms with Crippen molar-refractivity contribution in [1.82, 2.24) is 24.5 Å². The Morgan fingerprint density at radius 1 is 1.28 bits per heavy atom. The lowest BCUT2D eigenvalue weighted by Gasteiger charge is -2.27. The number of ether oxygens (including phenoxy) is 1. The Morgan fingerprint density at radius 3 is 2.84 bits per heavy atom. The Bertz CT molecular complexity index is 991. The molecule has 4 heterocycles. The van der Waals surface area contributed by atoms with Crippen LogP contribution in [0.2, 0.25) is 0 Å². The molecule has 0 aromatic carbocycles. The first-order valence-corrected chi connectivity index (χ1v) is 7.88. The first-order valence-electron chi connectivity index (χ1n) is 7.88. The van der Waals surface area contributed by atoms with E-state index in [0.717, 1.165) is 5.56 Å². The van der Waals surface area contributed by atoms with Gasteiger partial charge in [-0.2, -0.15) is 10.2 Å². The summed E-state index contributed by atoms with van der Waals surface area (Å²) in [6, 6.07) is 5.26. The molecule has 0 spiro atoms. The average molecular weight is 337 g/mol. The quantitative estimate of drug-likeness (QED) is 0.742. The van der Waals surface area contributed by atoms with Crippen LogP contribution in [0.4, 0.5) is 5.95 Å². The zero-order chi connectivity index (χ0) is 17.2. The van der Waals surface area contributed by atoms with Gasteiger partial charge in [0, 0.05) is 30.9 Å². The van der Waals surface area contributed by atoms with Gasteiger partial charge in [-0.15, -0.1) is 0 Å². The highest BCUT2D eigenvalue weighted by molar-refractivity contribution is 5.88. The molecule has 1 aliphatic rings. The zero-order valence-corrected chi connectivity index (χ0v) is 13.3. The number of aromatic nitrogens is 5. The van der Waals surface area contributed by atoms with E-state index in [0.29, 0.717) is 49.1 Å². The second kappa shape index (κ2) is 6.33. The van der Waals surface area contributed by atoms with E-state index in [4.69, 9.17) is 10.00 Å². The van der Waals surface area contributed by atoms with Gasteiger partial charge in [-0.25, -0.2) is 9.97 Å². The lowest BCUT2D eigenvalue weighted by molar-refractivity contribution is 0.122. The van der Waals surface area contributed by atoms with Gasteiger partial charge in [0.2, 0.25) is 11.5 Å². The summed E-state index contributed by atoms with van der Waals surface area (Å²) in [5.74, 6) is 0.566. The van der Waals surface area contributed by atoms with E-state index in [-0.39, 0.29) is 12.1 Å². The van der Waals surface area contributed by atoms with Crippen LogP contribution in [0.1, 0.15) is 0 Å². The van der Waals surface area contributed by atoms with Crippen molar-refractivity contribution >= 4 is 17.1 Å². The third-order valence-corrected chi connectivity index (χ3v) is 4.04. The first kappa shape index (κ1) is 15.3. The minimum Gasteiger partial charge on any atom is -0.378 e. The van der Waals surface area contributed by atoms with Gasteiger partial charge in [0.25, 0.3) is 0 Å². The zero-order valence-electron chi connectivity index (χ0n) is 13.3. The Balaban J connectivity index is 1.91. The molecule has 9 heteroatoms. The third kappa shape index (κ3) is 2.83. The molecular weight excluding hydrogens is 322 g/mol. The van der Waals surface area contributed by atoms with Crippen LogP contribution in [0.3, 0.4) is 0 Å². The number of H-pyrrole nitrogens is 1. The van der Waals surface area contributed by atoms with Crippen LogP contribution >= 0.6 is 0 Å². The topological polar surface area (TPSA) is 113 Å². The molecule has 0 bridgehead atoms. The highest BCUT2D eigenvalue weighted by atomic mass is 16.5. The molecule has 0 radical (unpaired) electrons. The predicted octanol–water partition coefficient (Wildman–Crippen LogP) is 0.542. The molecule has 4 rings (SSSR count). The van der Waals surface area contributed by atoms with Crippen LogP contribution in [0.5, 0.6) is 0 Å². The Kier molecular flexibility index (Phi) is 3.87. The summed E-state index contributed by atoms with van der Waals surface area (Å²) in [6.07, 6.45) is 3.19. The van der Waals surface area contributed by atoms with Crippen molar-refractivity contribution < 1.29 is 4.74 Å². The van der Waals surface area contributed by atoms with Crippen LogP contribution in [0, 0.1) is 11.3 Å². The van der Waals surface area contributed by atoms with Crippen LogP contribution in [-0.4, -0.2) is 50.8 Å². The molecule has 3 aromatic heterocycles. The van der Waals surface area contributed by atoms with Gasteiger partial charge >= 0.3 is 0 Å². The molecule has 1 aliphatic heterocycles. The maximum atomic E-state index is 11.4. The van der Waals surface area contributed by atoms with E-state index in [2.05, 4.69) is 26.0 Å². The van der Waals surface area contributed by atoms with Crippen molar-refractivity contribution in [2.24, 2.45) is 0 Å². The fraction of sp³-hybridized carbons (Fsp3) is 0.312. The van der Waals surface area contributed by atoms with Crippen LogP contribution in [0.15, 0.2) is 29.5 Å². The Hall–Kier alpha value is -3.25. The van der Waals surface area contributed by atoms with E-state index < -0.39 is 0 Å². The largest absolute Gasteiger partial charge is 0.378 e. The highest BCUT2D eigenvalue weighted by Gasteiger charge is 2.20. The molecule has 0 unspecified atom stereocenters. The molecule has 1 N–H and O–H groups in total. The molecule has 126 valence electrons. The predicted molar refractivity (Wildman–Crippen MR) is 90.0 cm³/mol. The van der Waals surface area contributed by atoms with Crippen molar-refractivity contribution in [1.29, 1.82) is 5.26 Å². The number of nitriles is 1. The second-order valence-corrected chi connectivity index (χ2v) is 5.62. The van der Waals surface area contributed by atoms with Crippen LogP contribution < -0.4 is 10.5 Å². The van der Waals surface area contributed by atoms with Gasteiger partial charge in [0.05, 0.1) is 25.6 Å². The maximum absolute atomic E-state index is 11.4. The fourth-order valence-corrected chi connectivity index (χ4v) is 2.79. The summed E-state index contributed by atoms with van der Waals surface area (Å²) < 4.78 is 7.08. The van der Waals surface area contributed by atoms with Crippen molar-refractivity contribution in [2.75, 3.05) is 31.2 Å². The van der Waals surface area contributed by atoms with Crippen LogP contribution in [0.25, 0.3) is 22.4 Å². The number of pyridine rings is 1. The number of nitrogens with one attached hydrogen (secondary N) is 1. The second-order valence-electron chi connectivity index (χ2n) is 5.62. The molecule has 0 amide bonds. The van der Waals surface area contributed by atoms with Gasteiger partial charge in [-0.3, -0.25) is 4.79 Å². The number of aromatic amines is 1. The van der Waals surface area contributed by atoms with E-state index in [1.54, 1.807) is 23.2 Å². The van der Waals surface area contributed by atoms with E-state index in [1.165, 1.54) is 6.07 Å². The number of hydrogen-bond acceptors (Lipinski definition) is 7. The fourth-order valence-electron chi connectivity index (χ4n) is 2.79. The van der Waals surface area contributed by atoms with Gasteiger partial charge in [-0.05, 0) is 6.07 Å². The minimum absolute atomic E-state index is 0.154. The summed E-state index contributed by atoms with van der Waals surface area (Å²) in [5.41, 5.74) is 2.37. The number of nitrogens with zero attached hydrogens (tertiary/aromatic N) is 6. The van der Waals surface area contributed by atoms with Crippen molar-refractivity contribution in [3.8, 4) is 17.3 Å². The summed E-state index contributed by atoms with van der Waals surface area (Å²) in [6.45, 7) is 2.78. The molecule has 25 heavy (non-hydrogen) atoms. The molecular formula is C16H15N7O2. The van der Waals surface area contributed by atoms with Gasteiger partial charge in [-0.1, -0.05) is 0 Å². The van der Waals surface area contributed by atoms with Gasteiger partial charge in [0.15, 0.2) is 5.65 Å². The van der Waals surface area contributed by atoms with E-state index in [9.17, 15) is 4.79 Å². The number of morpholine rings is 1. The molecule has 9 nitrogen and oxygen atoms in total. The molecule has 0 aliphatic carbocycles. The van der Waals surface area contributed by atoms with E-state index >= 15 is 0 Å². The van der Waals surface area contributed by atoms with Crippen molar-refractivity contribution in [3.63, 3.8) is 0 Å². The molecule has 3 aromatic rings. The number of rotatable bonds is 3. The molecule has 0 atom stereocenters. The third-order valence-electron chi connectivity index (χ3n) is 4.04. The van der Waals surface area contributed by atoms with Gasteiger partial charge in [0.1, 0.15) is 17.8 Å². The average Bonchev–Trinajstić information content (AvgIpc) is 3.06. The summed E-state index contributed by atoms with van der Waals surface area (Å²) in [5, 5.41) is 9.02. The molecule has 1 fully saturated rings. The van der Waals surface area contributed by atoms with Gasteiger partial charge < -0.3 is 19.2 Å². The summed E-state index contributed by atoms with van der Waals surface area (Å²) in [7, 11) is 0. The maximum Gasteiger partial charge on any atom is 0.247 e. The lowest BCUT2D eigenvalue weighted by atomic mass is 10.2. The monoisotopic (exact) mass is 337 g/mol. The van der Waals surface area contributed by atoms with Crippen LogP contribution in [-0.2, 0) is 11.3 Å². The highest BCUT2D eigenvalue weighted by Crippen LogP contribution is 2.27. The first-order chi connectivity index (χ1) is 12.3. The minimum atomic E-state index is -0.183. The van der Waals surface area contributed by atoms with E-state index in [1.807, 2.05) is 4.90 Å². The standard InChI is InChI=1S/C16H15N7O2/c17-3-4-23-10-19-14-13(11-1-2-12(24)18-9-11)20-16(21-15(14)23)22-5-7-25-8-6-22/h1-2,9-10H,4-8H2,(H,18,24). The molecule has 1 saturated heterocycles. The smallest absolute Gasteiger partial charge is 0.247 e. The SMILES string of the molecule is N#CCn1cnc2c(-c3ccc(=O)[nH]c3)nc(N3CCOCC3)nc21. The normalized spacial score (nSPS) is 14.6. The number of fused-ring (bicyclic) bond motifs is 1.